The van der Waals surface area contributed by atoms with E-state index in [9.17, 15) is 0 Å². The lowest BCUT2D eigenvalue weighted by molar-refractivity contribution is 0.0515. The maximum Gasteiger partial charge on any atom is 0.0623 e. The Morgan fingerprint density at radius 1 is 1.20 bits per heavy atom. The second kappa shape index (κ2) is 6.76. The summed E-state index contributed by atoms with van der Waals surface area (Å²) in [6.07, 6.45) is 11.3. The van der Waals surface area contributed by atoms with E-state index in [1.165, 1.54) is 57.9 Å². The molecule has 3 unspecified atom stereocenters. The molecule has 3 rings (SSSR count). The molecule has 3 atom stereocenters. The molecule has 116 valence electrons. The van der Waals surface area contributed by atoms with Gasteiger partial charge in [-0.15, -0.1) is 0 Å². The SMILES string of the molecule is CCC1(CNC2CCCC2C2COCCN2)CCCC1. The number of nitrogens with one attached hydrogen (secondary N) is 2. The van der Waals surface area contributed by atoms with E-state index in [0.29, 0.717) is 11.5 Å². The second-order valence-corrected chi connectivity index (χ2v) is 7.28. The molecule has 1 aliphatic heterocycles. The molecule has 0 spiro atoms. The van der Waals surface area contributed by atoms with Crippen LogP contribution in [0.1, 0.15) is 58.3 Å². The Bertz CT molecular complexity index is 295. The smallest absolute Gasteiger partial charge is 0.0623 e. The minimum Gasteiger partial charge on any atom is -0.379 e. The first-order chi connectivity index (χ1) is 9.83. The number of rotatable bonds is 5. The Labute approximate surface area is 124 Å². The van der Waals surface area contributed by atoms with Crippen molar-refractivity contribution < 1.29 is 4.74 Å². The van der Waals surface area contributed by atoms with Gasteiger partial charge in [-0.25, -0.2) is 0 Å². The summed E-state index contributed by atoms with van der Waals surface area (Å²) in [4.78, 5) is 0. The van der Waals surface area contributed by atoms with Crippen molar-refractivity contribution in [3.05, 3.63) is 0 Å². The van der Waals surface area contributed by atoms with Crippen LogP contribution in [0.5, 0.6) is 0 Å². The molecular weight excluding hydrogens is 248 g/mol. The zero-order valence-corrected chi connectivity index (χ0v) is 13.1. The van der Waals surface area contributed by atoms with Gasteiger partial charge < -0.3 is 15.4 Å². The summed E-state index contributed by atoms with van der Waals surface area (Å²) in [6, 6.07) is 1.31. The predicted octanol–water partition coefficient (Wildman–Crippen LogP) is 2.70. The average molecular weight is 280 g/mol. The summed E-state index contributed by atoms with van der Waals surface area (Å²) >= 11 is 0. The molecular formula is C17H32N2O. The van der Waals surface area contributed by atoms with Gasteiger partial charge in [0, 0.05) is 25.2 Å². The highest BCUT2D eigenvalue weighted by Crippen LogP contribution is 2.41. The second-order valence-electron chi connectivity index (χ2n) is 7.28. The Morgan fingerprint density at radius 2 is 2.05 bits per heavy atom. The van der Waals surface area contributed by atoms with Gasteiger partial charge >= 0.3 is 0 Å². The van der Waals surface area contributed by atoms with Gasteiger partial charge in [-0.3, -0.25) is 0 Å². The molecule has 3 nitrogen and oxygen atoms in total. The fourth-order valence-corrected chi connectivity index (χ4v) is 4.71. The molecule has 3 fully saturated rings. The van der Waals surface area contributed by atoms with Crippen molar-refractivity contribution >= 4 is 0 Å². The summed E-state index contributed by atoms with van der Waals surface area (Å²) in [5.41, 5.74) is 0.615. The van der Waals surface area contributed by atoms with Crippen LogP contribution in [-0.4, -0.2) is 38.4 Å². The van der Waals surface area contributed by atoms with Gasteiger partial charge in [-0.1, -0.05) is 26.2 Å². The van der Waals surface area contributed by atoms with E-state index in [-0.39, 0.29) is 0 Å². The van der Waals surface area contributed by atoms with Crippen molar-refractivity contribution in [2.75, 3.05) is 26.3 Å². The van der Waals surface area contributed by atoms with E-state index in [1.807, 2.05) is 0 Å². The molecule has 0 bridgehead atoms. The quantitative estimate of drug-likeness (QED) is 0.812. The summed E-state index contributed by atoms with van der Waals surface area (Å²) in [7, 11) is 0. The fraction of sp³-hybridized carbons (Fsp3) is 1.00. The van der Waals surface area contributed by atoms with E-state index in [0.717, 1.165) is 31.7 Å². The lowest BCUT2D eigenvalue weighted by Gasteiger charge is -2.35. The topological polar surface area (TPSA) is 33.3 Å². The number of morpholine rings is 1. The molecule has 0 aromatic rings. The summed E-state index contributed by atoms with van der Waals surface area (Å²) < 4.78 is 5.67. The van der Waals surface area contributed by atoms with Crippen molar-refractivity contribution in [1.82, 2.24) is 10.6 Å². The van der Waals surface area contributed by atoms with Crippen molar-refractivity contribution in [3.8, 4) is 0 Å². The molecule has 2 aliphatic carbocycles. The maximum atomic E-state index is 5.67. The van der Waals surface area contributed by atoms with Crippen molar-refractivity contribution in [1.29, 1.82) is 0 Å². The Balaban J connectivity index is 1.53. The molecule has 1 saturated heterocycles. The standard InChI is InChI=1S/C17H32N2O/c1-2-17(8-3-4-9-17)13-19-15-7-5-6-14(15)16-12-20-11-10-18-16/h14-16,18-19H,2-13H2,1H3. The third-order valence-electron chi connectivity index (χ3n) is 6.19. The highest BCUT2D eigenvalue weighted by atomic mass is 16.5. The zero-order chi connectivity index (χ0) is 13.8. The summed E-state index contributed by atoms with van der Waals surface area (Å²) in [5, 5.41) is 7.64. The van der Waals surface area contributed by atoms with Crippen LogP contribution < -0.4 is 10.6 Å². The van der Waals surface area contributed by atoms with Gasteiger partial charge in [0.05, 0.1) is 13.2 Å². The molecule has 3 heteroatoms. The molecule has 2 saturated carbocycles. The van der Waals surface area contributed by atoms with Crippen LogP contribution in [-0.2, 0) is 4.74 Å². The normalized spacial score (nSPS) is 37.4. The van der Waals surface area contributed by atoms with Crippen LogP contribution in [0.2, 0.25) is 0 Å². The minimum atomic E-state index is 0.588. The van der Waals surface area contributed by atoms with Crippen LogP contribution in [0.25, 0.3) is 0 Å². The predicted molar refractivity (Wildman–Crippen MR) is 82.9 cm³/mol. The first-order valence-corrected chi connectivity index (χ1v) is 8.87. The Hall–Kier alpha value is -0.120. The highest BCUT2D eigenvalue weighted by molar-refractivity contribution is 4.94. The van der Waals surface area contributed by atoms with Gasteiger partial charge in [0.1, 0.15) is 0 Å². The monoisotopic (exact) mass is 280 g/mol. The Morgan fingerprint density at radius 3 is 2.75 bits per heavy atom. The lowest BCUT2D eigenvalue weighted by atomic mass is 9.82. The molecule has 0 amide bonds. The molecule has 0 aromatic heterocycles. The minimum absolute atomic E-state index is 0.588. The molecule has 20 heavy (non-hydrogen) atoms. The summed E-state index contributed by atoms with van der Waals surface area (Å²) in [6.45, 7) is 6.47. The van der Waals surface area contributed by atoms with Gasteiger partial charge in [0.15, 0.2) is 0 Å². The van der Waals surface area contributed by atoms with Gasteiger partial charge in [-0.05, 0) is 43.4 Å². The largest absolute Gasteiger partial charge is 0.379 e. The van der Waals surface area contributed by atoms with Crippen LogP contribution in [0.3, 0.4) is 0 Å². The molecule has 0 radical (unpaired) electrons. The first kappa shape index (κ1) is 14.8. The molecule has 3 aliphatic rings. The number of hydrogen-bond donors (Lipinski definition) is 2. The average Bonchev–Trinajstić information content (AvgIpc) is 3.16. The zero-order valence-electron chi connectivity index (χ0n) is 13.1. The third kappa shape index (κ3) is 3.20. The van der Waals surface area contributed by atoms with E-state index >= 15 is 0 Å². The number of ether oxygens (including phenoxy) is 1. The van der Waals surface area contributed by atoms with E-state index in [2.05, 4.69) is 17.6 Å². The maximum absolute atomic E-state index is 5.67. The van der Waals surface area contributed by atoms with Crippen LogP contribution in [0.4, 0.5) is 0 Å². The van der Waals surface area contributed by atoms with E-state index in [1.54, 1.807) is 0 Å². The van der Waals surface area contributed by atoms with Gasteiger partial charge in [-0.2, -0.15) is 0 Å². The summed E-state index contributed by atoms with van der Waals surface area (Å²) in [5.74, 6) is 0.783. The lowest BCUT2D eigenvalue weighted by Crippen LogP contribution is -2.52. The Kier molecular flexibility index (Phi) is 5.00. The van der Waals surface area contributed by atoms with E-state index < -0.39 is 0 Å². The van der Waals surface area contributed by atoms with E-state index in [4.69, 9.17) is 4.74 Å². The van der Waals surface area contributed by atoms with Crippen LogP contribution in [0, 0.1) is 11.3 Å². The first-order valence-electron chi connectivity index (χ1n) is 8.87. The molecule has 1 heterocycles. The molecule has 2 N–H and O–H groups in total. The third-order valence-corrected chi connectivity index (χ3v) is 6.19. The van der Waals surface area contributed by atoms with Gasteiger partial charge in [0.25, 0.3) is 0 Å². The van der Waals surface area contributed by atoms with Crippen LogP contribution >= 0.6 is 0 Å². The van der Waals surface area contributed by atoms with Crippen molar-refractivity contribution in [3.63, 3.8) is 0 Å². The van der Waals surface area contributed by atoms with Gasteiger partial charge in [0.2, 0.25) is 0 Å². The van der Waals surface area contributed by atoms with Crippen molar-refractivity contribution in [2.45, 2.75) is 70.4 Å². The van der Waals surface area contributed by atoms with Crippen LogP contribution in [0.15, 0.2) is 0 Å². The van der Waals surface area contributed by atoms with Crippen molar-refractivity contribution in [2.24, 2.45) is 11.3 Å². The molecule has 0 aromatic carbocycles. The highest BCUT2D eigenvalue weighted by Gasteiger charge is 2.37. The fourth-order valence-electron chi connectivity index (χ4n) is 4.71. The number of hydrogen-bond acceptors (Lipinski definition) is 3.